The van der Waals surface area contributed by atoms with E-state index in [0.29, 0.717) is 38.5 Å². The Balaban J connectivity index is 4.11. The molecule has 0 rings (SSSR count). The van der Waals surface area contributed by atoms with Crippen molar-refractivity contribution in [1.29, 1.82) is 0 Å². The summed E-state index contributed by atoms with van der Waals surface area (Å²) in [5, 5.41) is 28.3. The first kappa shape index (κ1) is 28.5. The molecule has 0 unspecified atom stereocenters. The average molecular weight is 425 g/mol. The van der Waals surface area contributed by atoms with E-state index in [4.69, 9.17) is 10.2 Å². The Bertz CT molecular complexity index is 481. The molecule has 0 saturated heterocycles. The number of unbranched alkanes of at least 4 members (excludes halogenated alkanes) is 12. The fourth-order valence-corrected chi connectivity index (χ4v) is 3.57. The first-order valence-corrected chi connectivity index (χ1v) is 12.1. The maximum Gasteiger partial charge on any atom is 0.303 e. The van der Waals surface area contributed by atoms with Gasteiger partial charge in [0.1, 0.15) is 5.60 Å². The molecule has 0 aliphatic heterocycles. The fraction of sp³-hybridized carbons (Fsp3) is 0.840. The van der Waals surface area contributed by atoms with E-state index in [1.54, 1.807) is 0 Å². The molecule has 174 valence electrons. The maximum atomic E-state index is 10.8. The zero-order valence-corrected chi connectivity index (χ0v) is 19.1. The van der Waals surface area contributed by atoms with Crippen LogP contribution in [0.25, 0.3) is 0 Å². The zero-order valence-electron chi connectivity index (χ0n) is 19.1. The van der Waals surface area contributed by atoms with Crippen LogP contribution in [0.4, 0.5) is 0 Å². The van der Waals surface area contributed by atoms with E-state index in [1.807, 2.05) is 0 Å². The molecule has 0 aromatic rings. The van der Waals surface area contributed by atoms with Gasteiger partial charge in [0.15, 0.2) is 0 Å². The molecular weight excluding hydrogens is 380 g/mol. The Morgan fingerprint density at radius 3 is 1.53 bits per heavy atom. The van der Waals surface area contributed by atoms with Crippen molar-refractivity contribution in [2.75, 3.05) is 0 Å². The van der Waals surface area contributed by atoms with Crippen molar-refractivity contribution in [2.45, 2.75) is 135 Å². The highest BCUT2D eigenvalue weighted by Gasteiger charge is 2.23. The molecule has 0 aliphatic rings. The molecule has 3 N–H and O–H groups in total. The van der Waals surface area contributed by atoms with Crippen molar-refractivity contribution in [2.24, 2.45) is 0 Å². The molecular formula is C25H44O5. The highest BCUT2D eigenvalue weighted by Crippen LogP contribution is 2.22. The molecule has 30 heavy (non-hydrogen) atoms. The SMILES string of the molecule is CCCCCCCCCCCCC#CC(O)(CCCCC(=O)O)CCCCC(=O)O. The Labute approximate surface area is 183 Å². The van der Waals surface area contributed by atoms with Crippen LogP contribution >= 0.6 is 0 Å². The molecule has 0 spiro atoms. The topological polar surface area (TPSA) is 94.8 Å². The predicted octanol–water partition coefficient (Wildman–Crippen LogP) is 6.32. The van der Waals surface area contributed by atoms with Crippen LogP contribution in [0.2, 0.25) is 0 Å². The van der Waals surface area contributed by atoms with E-state index in [1.165, 1.54) is 57.8 Å². The van der Waals surface area contributed by atoms with Crippen LogP contribution in [-0.2, 0) is 9.59 Å². The largest absolute Gasteiger partial charge is 0.481 e. The second kappa shape index (κ2) is 19.4. The molecule has 5 heteroatoms. The molecule has 0 heterocycles. The third-order valence-corrected chi connectivity index (χ3v) is 5.44. The minimum atomic E-state index is -1.13. The predicted molar refractivity (Wildman–Crippen MR) is 121 cm³/mol. The van der Waals surface area contributed by atoms with Gasteiger partial charge in [-0.2, -0.15) is 0 Å². The monoisotopic (exact) mass is 424 g/mol. The normalized spacial score (nSPS) is 11.1. The summed E-state index contributed by atoms with van der Waals surface area (Å²) in [5.74, 6) is 4.48. The molecule has 0 aromatic carbocycles. The van der Waals surface area contributed by atoms with Crippen molar-refractivity contribution in [3.8, 4) is 11.8 Å². The zero-order chi connectivity index (χ0) is 22.5. The Morgan fingerprint density at radius 1 is 0.667 bits per heavy atom. The summed E-state index contributed by atoms with van der Waals surface area (Å²) >= 11 is 0. The van der Waals surface area contributed by atoms with Gasteiger partial charge >= 0.3 is 11.9 Å². The lowest BCUT2D eigenvalue weighted by molar-refractivity contribution is -0.138. The molecule has 5 nitrogen and oxygen atoms in total. The highest BCUT2D eigenvalue weighted by molar-refractivity contribution is 5.66. The lowest BCUT2D eigenvalue weighted by Gasteiger charge is -2.22. The molecule has 0 amide bonds. The van der Waals surface area contributed by atoms with E-state index < -0.39 is 17.5 Å². The van der Waals surface area contributed by atoms with Crippen LogP contribution in [0.1, 0.15) is 129 Å². The maximum absolute atomic E-state index is 10.8. The van der Waals surface area contributed by atoms with Gasteiger partial charge in [0.05, 0.1) is 0 Å². The smallest absolute Gasteiger partial charge is 0.303 e. The number of rotatable bonds is 20. The van der Waals surface area contributed by atoms with Crippen molar-refractivity contribution in [3.05, 3.63) is 0 Å². The summed E-state index contributed by atoms with van der Waals surface area (Å²) in [6.07, 6.45) is 16.9. The first-order valence-electron chi connectivity index (χ1n) is 12.1. The number of hydrogen-bond donors (Lipinski definition) is 3. The van der Waals surface area contributed by atoms with E-state index in [-0.39, 0.29) is 12.8 Å². The van der Waals surface area contributed by atoms with Gasteiger partial charge in [-0.05, 0) is 44.9 Å². The van der Waals surface area contributed by atoms with Crippen LogP contribution < -0.4 is 0 Å². The number of hydrogen-bond acceptors (Lipinski definition) is 3. The first-order chi connectivity index (χ1) is 14.4. The number of carbonyl (C=O) groups is 2. The van der Waals surface area contributed by atoms with Gasteiger partial charge in [0.25, 0.3) is 0 Å². The summed E-state index contributed by atoms with van der Waals surface area (Å²) < 4.78 is 0. The lowest BCUT2D eigenvalue weighted by Crippen LogP contribution is -2.26. The lowest BCUT2D eigenvalue weighted by atomic mass is 9.90. The molecule has 0 saturated carbocycles. The van der Waals surface area contributed by atoms with Gasteiger partial charge < -0.3 is 15.3 Å². The Hall–Kier alpha value is -1.54. The number of carboxylic acids is 2. The summed E-state index contributed by atoms with van der Waals surface area (Å²) in [6, 6.07) is 0. The second-order valence-corrected chi connectivity index (χ2v) is 8.47. The van der Waals surface area contributed by atoms with Gasteiger partial charge in [-0.3, -0.25) is 9.59 Å². The molecule has 0 atom stereocenters. The minimum absolute atomic E-state index is 0.0983. The summed E-state index contributed by atoms with van der Waals surface area (Å²) in [6.45, 7) is 2.24. The van der Waals surface area contributed by atoms with E-state index in [2.05, 4.69) is 18.8 Å². The van der Waals surface area contributed by atoms with Crippen LogP contribution in [0.15, 0.2) is 0 Å². The quantitative estimate of drug-likeness (QED) is 0.157. The van der Waals surface area contributed by atoms with Gasteiger partial charge in [-0.25, -0.2) is 0 Å². The van der Waals surface area contributed by atoms with E-state index in [0.717, 1.165) is 12.8 Å². The standard InChI is InChI=1S/C25H44O5/c1-2-3-4-5-6-7-8-9-10-11-12-15-20-25(30,21-16-13-18-23(26)27)22-17-14-19-24(28)29/h30H,2-14,16-19,21-22H2,1H3,(H,26,27)(H,28,29). The van der Waals surface area contributed by atoms with Crippen LogP contribution in [0.3, 0.4) is 0 Å². The van der Waals surface area contributed by atoms with E-state index in [9.17, 15) is 14.7 Å². The van der Waals surface area contributed by atoms with Crippen molar-refractivity contribution in [3.63, 3.8) is 0 Å². The summed E-state index contributed by atoms with van der Waals surface area (Å²) in [7, 11) is 0. The molecule has 0 aromatic heterocycles. The van der Waals surface area contributed by atoms with Gasteiger partial charge in [0.2, 0.25) is 0 Å². The highest BCUT2D eigenvalue weighted by atomic mass is 16.4. The Morgan fingerprint density at radius 2 is 1.10 bits per heavy atom. The van der Waals surface area contributed by atoms with Gasteiger partial charge in [-0.15, -0.1) is 5.92 Å². The number of carboxylic acid groups (broad SMARTS) is 2. The average Bonchev–Trinajstić information content (AvgIpc) is 2.69. The second-order valence-electron chi connectivity index (χ2n) is 8.47. The van der Waals surface area contributed by atoms with Crippen molar-refractivity contribution < 1.29 is 24.9 Å². The van der Waals surface area contributed by atoms with Crippen LogP contribution in [-0.4, -0.2) is 32.9 Å². The number of aliphatic hydroxyl groups is 1. The van der Waals surface area contributed by atoms with Crippen molar-refractivity contribution in [1.82, 2.24) is 0 Å². The number of aliphatic carboxylic acids is 2. The van der Waals surface area contributed by atoms with Gasteiger partial charge in [0, 0.05) is 19.3 Å². The Kier molecular flexibility index (Phi) is 18.4. The fourth-order valence-electron chi connectivity index (χ4n) is 3.57. The molecule has 0 radical (unpaired) electrons. The summed E-state index contributed by atoms with van der Waals surface area (Å²) in [4.78, 5) is 21.3. The van der Waals surface area contributed by atoms with Crippen LogP contribution in [0, 0.1) is 11.8 Å². The third kappa shape index (κ3) is 19.8. The molecule has 0 aliphatic carbocycles. The van der Waals surface area contributed by atoms with Gasteiger partial charge in [-0.1, -0.05) is 70.6 Å². The molecule has 0 fully saturated rings. The van der Waals surface area contributed by atoms with Crippen molar-refractivity contribution >= 4 is 11.9 Å². The van der Waals surface area contributed by atoms with Crippen LogP contribution in [0.5, 0.6) is 0 Å². The summed E-state index contributed by atoms with van der Waals surface area (Å²) in [5.41, 5.74) is -1.13. The molecule has 0 bridgehead atoms. The third-order valence-electron chi connectivity index (χ3n) is 5.44. The minimum Gasteiger partial charge on any atom is -0.481 e. The van der Waals surface area contributed by atoms with E-state index >= 15 is 0 Å².